The second-order valence-electron chi connectivity index (χ2n) is 6.07. The Morgan fingerprint density at radius 1 is 1.50 bits per heavy atom. The Labute approximate surface area is 140 Å². The maximum Gasteiger partial charge on any atom is 0.407 e. The maximum atomic E-state index is 11.1. The molecule has 0 saturated carbocycles. The lowest BCUT2D eigenvalue weighted by atomic mass is 9.88. The molecule has 1 heterocycles. The number of hydrogen-bond donors (Lipinski definition) is 1. The van der Waals surface area contributed by atoms with Gasteiger partial charge in [0, 0.05) is 22.6 Å². The fourth-order valence-electron chi connectivity index (χ4n) is 3.11. The fourth-order valence-corrected chi connectivity index (χ4v) is 3.46. The van der Waals surface area contributed by atoms with Crippen LogP contribution in [-0.2, 0) is 0 Å². The summed E-state index contributed by atoms with van der Waals surface area (Å²) in [6.07, 6.45) is 3.25. The summed E-state index contributed by atoms with van der Waals surface area (Å²) in [7, 11) is 0. The Balaban J connectivity index is 1.71. The summed E-state index contributed by atoms with van der Waals surface area (Å²) >= 11 is 3.51. The average molecular weight is 370 g/mol. The van der Waals surface area contributed by atoms with Gasteiger partial charge >= 0.3 is 6.09 Å². The van der Waals surface area contributed by atoms with Crippen LogP contribution in [0.25, 0.3) is 0 Å². The number of likely N-dealkylation sites (tertiary alicyclic amines) is 1. The molecule has 1 aromatic carbocycles. The van der Waals surface area contributed by atoms with Crippen LogP contribution in [0, 0.1) is 12.8 Å². The Morgan fingerprint density at radius 3 is 2.95 bits per heavy atom. The van der Waals surface area contributed by atoms with Gasteiger partial charge in [-0.1, -0.05) is 22.0 Å². The zero-order valence-electron chi connectivity index (χ0n) is 13.2. The topological polar surface area (TPSA) is 49.8 Å². The highest BCUT2D eigenvalue weighted by Crippen LogP contribution is 2.28. The molecule has 1 aromatic rings. The van der Waals surface area contributed by atoms with Crippen molar-refractivity contribution >= 4 is 22.0 Å². The van der Waals surface area contributed by atoms with Crippen LogP contribution < -0.4 is 4.74 Å². The highest BCUT2D eigenvalue weighted by molar-refractivity contribution is 9.10. The summed E-state index contributed by atoms with van der Waals surface area (Å²) < 4.78 is 6.93. The molecule has 1 saturated heterocycles. The number of nitrogens with zero attached hydrogens (tertiary/aromatic N) is 1. The zero-order chi connectivity index (χ0) is 16.1. The van der Waals surface area contributed by atoms with E-state index in [0.717, 1.165) is 41.5 Å². The molecule has 1 fully saturated rings. The second-order valence-corrected chi connectivity index (χ2v) is 6.92. The van der Waals surface area contributed by atoms with Gasteiger partial charge in [-0.05, 0) is 57.6 Å². The Hall–Kier alpha value is -1.23. The molecule has 0 aliphatic carbocycles. The lowest BCUT2D eigenvalue weighted by molar-refractivity contribution is 0.0928. The van der Waals surface area contributed by atoms with E-state index in [0.29, 0.717) is 19.1 Å². The van der Waals surface area contributed by atoms with Gasteiger partial charge in [-0.15, -0.1) is 0 Å². The van der Waals surface area contributed by atoms with E-state index in [4.69, 9.17) is 9.84 Å². The lowest BCUT2D eigenvalue weighted by Gasteiger charge is -2.35. The summed E-state index contributed by atoms with van der Waals surface area (Å²) in [6.45, 7) is 5.42. The van der Waals surface area contributed by atoms with E-state index in [1.807, 2.05) is 32.0 Å². The molecule has 0 bridgehead atoms. The van der Waals surface area contributed by atoms with Gasteiger partial charge in [0.15, 0.2) is 0 Å². The first kappa shape index (κ1) is 17.1. The van der Waals surface area contributed by atoms with Crippen LogP contribution in [0.5, 0.6) is 5.75 Å². The summed E-state index contributed by atoms with van der Waals surface area (Å²) in [6, 6.07) is 6.12. The largest absolute Gasteiger partial charge is 0.493 e. The van der Waals surface area contributed by atoms with E-state index in [2.05, 4.69) is 15.9 Å². The van der Waals surface area contributed by atoms with Gasteiger partial charge in [0.1, 0.15) is 5.75 Å². The molecule has 0 aromatic heterocycles. The molecule has 0 spiro atoms. The van der Waals surface area contributed by atoms with Crippen molar-refractivity contribution < 1.29 is 14.6 Å². The first-order chi connectivity index (χ1) is 10.5. The standard InChI is InChI=1S/C17H24BrNO3/c1-12-11-14(8-9-19(12)17(20)21)5-4-10-22-16-7-3-6-15(18)13(16)2/h3,6-7,12,14H,4-5,8-11H2,1-2H3,(H,20,21)/t12-,14-/m0/s1. The number of amides is 1. The predicted molar refractivity (Wildman–Crippen MR) is 90.5 cm³/mol. The number of ether oxygens (including phenoxy) is 1. The van der Waals surface area contributed by atoms with Crippen molar-refractivity contribution in [1.82, 2.24) is 4.90 Å². The highest BCUT2D eigenvalue weighted by Gasteiger charge is 2.28. The third kappa shape index (κ3) is 4.38. The molecular formula is C17H24BrNO3. The van der Waals surface area contributed by atoms with Crippen molar-refractivity contribution in [1.29, 1.82) is 0 Å². The van der Waals surface area contributed by atoms with Crippen molar-refractivity contribution in [2.45, 2.75) is 45.6 Å². The Morgan fingerprint density at radius 2 is 2.27 bits per heavy atom. The average Bonchev–Trinajstić information content (AvgIpc) is 2.47. The molecule has 4 nitrogen and oxygen atoms in total. The fraction of sp³-hybridized carbons (Fsp3) is 0.588. The molecule has 0 unspecified atom stereocenters. The summed E-state index contributed by atoms with van der Waals surface area (Å²) in [5.41, 5.74) is 1.13. The molecule has 0 radical (unpaired) electrons. The highest BCUT2D eigenvalue weighted by atomic mass is 79.9. The molecule has 1 amide bonds. The van der Waals surface area contributed by atoms with E-state index in [1.165, 1.54) is 0 Å². The molecule has 1 N–H and O–H groups in total. The van der Waals surface area contributed by atoms with Crippen LogP contribution in [0.3, 0.4) is 0 Å². The van der Waals surface area contributed by atoms with Crippen LogP contribution in [0.4, 0.5) is 4.79 Å². The van der Waals surface area contributed by atoms with E-state index >= 15 is 0 Å². The van der Waals surface area contributed by atoms with E-state index in [9.17, 15) is 4.79 Å². The van der Waals surface area contributed by atoms with Crippen molar-refractivity contribution in [3.8, 4) is 5.75 Å². The van der Waals surface area contributed by atoms with Gasteiger partial charge in [-0.25, -0.2) is 4.79 Å². The normalized spacial score (nSPS) is 21.7. The molecule has 1 aliphatic heterocycles. The molecular weight excluding hydrogens is 346 g/mol. The smallest absolute Gasteiger partial charge is 0.407 e. The molecule has 1 aliphatic rings. The molecule has 22 heavy (non-hydrogen) atoms. The van der Waals surface area contributed by atoms with E-state index in [-0.39, 0.29) is 6.04 Å². The van der Waals surface area contributed by atoms with Crippen molar-refractivity contribution in [2.75, 3.05) is 13.2 Å². The summed E-state index contributed by atoms with van der Waals surface area (Å²) in [5.74, 6) is 1.54. The third-order valence-electron chi connectivity index (χ3n) is 4.46. The minimum Gasteiger partial charge on any atom is -0.493 e. The van der Waals surface area contributed by atoms with Crippen LogP contribution >= 0.6 is 15.9 Å². The van der Waals surface area contributed by atoms with Gasteiger partial charge in [0.05, 0.1) is 6.61 Å². The number of rotatable bonds is 5. The first-order valence-electron chi connectivity index (χ1n) is 7.86. The van der Waals surface area contributed by atoms with Gasteiger partial charge in [0.25, 0.3) is 0 Å². The van der Waals surface area contributed by atoms with Crippen molar-refractivity contribution in [3.63, 3.8) is 0 Å². The van der Waals surface area contributed by atoms with Gasteiger partial charge in [-0.2, -0.15) is 0 Å². The Kier molecular flexibility index (Phi) is 6.12. The number of halogens is 1. The van der Waals surface area contributed by atoms with Crippen LogP contribution in [-0.4, -0.2) is 35.3 Å². The number of hydrogen-bond acceptors (Lipinski definition) is 2. The van der Waals surface area contributed by atoms with E-state index < -0.39 is 6.09 Å². The molecule has 5 heteroatoms. The monoisotopic (exact) mass is 369 g/mol. The second kappa shape index (κ2) is 7.86. The number of benzene rings is 1. The summed E-state index contributed by atoms with van der Waals surface area (Å²) in [4.78, 5) is 12.6. The van der Waals surface area contributed by atoms with Crippen LogP contribution in [0.2, 0.25) is 0 Å². The quantitative estimate of drug-likeness (QED) is 0.765. The Bertz CT molecular complexity index is 521. The number of piperidine rings is 1. The van der Waals surface area contributed by atoms with Gasteiger partial charge < -0.3 is 14.7 Å². The predicted octanol–water partition coefficient (Wildman–Crippen LogP) is 4.70. The first-order valence-corrected chi connectivity index (χ1v) is 8.65. The molecule has 122 valence electrons. The SMILES string of the molecule is Cc1c(Br)cccc1OCCC[C@H]1CCN(C(=O)O)[C@@H](C)C1. The van der Waals surface area contributed by atoms with Crippen molar-refractivity contribution in [2.24, 2.45) is 5.92 Å². The van der Waals surface area contributed by atoms with E-state index in [1.54, 1.807) is 4.90 Å². The lowest BCUT2D eigenvalue weighted by Crippen LogP contribution is -2.43. The van der Waals surface area contributed by atoms with Crippen LogP contribution in [0.1, 0.15) is 38.2 Å². The van der Waals surface area contributed by atoms with Crippen molar-refractivity contribution in [3.05, 3.63) is 28.2 Å². The maximum absolute atomic E-state index is 11.1. The number of carbonyl (C=O) groups is 1. The van der Waals surface area contributed by atoms with Gasteiger partial charge in [-0.3, -0.25) is 0 Å². The zero-order valence-corrected chi connectivity index (χ0v) is 14.8. The van der Waals surface area contributed by atoms with Gasteiger partial charge in [0.2, 0.25) is 0 Å². The minimum atomic E-state index is -0.792. The van der Waals surface area contributed by atoms with Crippen LogP contribution in [0.15, 0.2) is 22.7 Å². The number of carboxylic acid groups (broad SMARTS) is 1. The molecule has 2 rings (SSSR count). The molecule has 2 atom stereocenters. The minimum absolute atomic E-state index is 0.129. The summed E-state index contributed by atoms with van der Waals surface area (Å²) in [5, 5.41) is 9.09. The third-order valence-corrected chi connectivity index (χ3v) is 5.32.